The van der Waals surface area contributed by atoms with E-state index in [1.807, 2.05) is 36.6 Å². The summed E-state index contributed by atoms with van der Waals surface area (Å²) in [5, 5.41) is 8.38. The second kappa shape index (κ2) is 7.73. The highest BCUT2D eigenvalue weighted by atomic mass is 32.1. The molecule has 0 bridgehead atoms. The molecule has 2 N–H and O–H groups in total. The van der Waals surface area contributed by atoms with E-state index in [9.17, 15) is 9.59 Å². The number of hydrogen-bond acceptors (Lipinski definition) is 4. The van der Waals surface area contributed by atoms with Gasteiger partial charge in [0.1, 0.15) is 5.01 Å². The maximum absolute atomic E-state index is 12.0. The summed E-state index contributed by atoms with van der Waals surface area (Å²) in [6.45, 7) is 3.91. The lowest BCUT2D eigenvalue weighted by Crippen LogP contribution is -2.31. The van der Waals surface area contributed by atoms with Crippen LogP contribution in [0.25, 0.3) is 0 Å². The molecule has 1 aromatic heterocycles. The summed E-state index contributed by atoms with van der Waals surface area (Å²) in [4.78, 5) is 29.1. The average molecular weight is 332 g/mol. The number of nitrogens with zero attached hydrogens (tertiary/aromatic N) is 2. The number of benzene rings is 1. The minimum atomic E-state index is -0.287. The van der Waals surface area contributed by atoms with Crippen LogP contribution < -0.4 is 10.6 Å². The normalized spacial score (nSPS) is 11.6. The fraction of sp³-hybridized carbons (Fsp3) is 0.312. The maximum Gasteiger partial charge on any atom is 0.319 e. The van der Waals surface area contributed by atoms with Gasteiger partial charge in [0, 0.05) is 37.8 Å². The van der Waals surface area contributed by atoms with Crippen LogP contribution in [0.5, 0.6) is 0 Å². The molecule has 0 unspecified atom stereocenters. The van der Waals surface area contributed by atoms with Crippen LogP contribution in [0.4, 0.5) is 10.5 Å². The molecule has 0 fully saturated rings. The van der Waals surface area contributed by atoms with Crippen molar-refractivity contribution in [3.8, 4) is 0 Å². The van der Waals surface area contributed by atoms with Crippen LogP contribution in [0.15, 0.2) is 35.8 Å². The summed E-state index contributed by atoms with van der Waals surface area (Å²) in [6, 6.07) is 6.99. The number of carbonyl (C=O) groups is 2. The van der Waals surface area contributed by atoms with E-state index in [1.54, 1.807) is 18.1 Å². The number of nitrogens with one attached hydrogen (secondary N) is 2. The van der Waals surface area contributed by atoms with Crippen molar-refractivity contribution in [2.24, 2.45) is 0 Å². The van der Waals surface area contributed by atoms with Crippen LogP contribution >= 0.6 is 11.3 Å². The van der Waals surface area contributed by atoms with Gasteiger partial charge in [0.15, 0.2) is 0 Å². The largest absolute Gasteiger partial charge is 0.342 e. The Kier molecular flexibility index (Phi) is 5.70. The number of hydrogen-bond donors (Lipinski definition) is 2. The van der Waals surface area contributed by atoms with Gasteiger partial charge in [0.05, 0.1) is 6.04 Å². The summed E-state index contributed by atoms with van der Waals surface area (Å²) in [5.74, 6) is -0.00150. The van der Waals surface area contributed by atoms with E-state index in [0.717, 1.165) is 10.6 Å². The van der Waals surface area contributed by atoms with Gasteiger partial charge in [-0.1, -0.05) is 12.1 Å². The zero-order valence-electron chi connectivity index (χ0n) is 13.4. The predicted octanol–water partition coefficient (Wildman–Crippen LogP) is 3.00. The van der Waals surface area contributed by atoms with E-state index in [1.165, 1.54) is 18.3 Å². The van der Waals surface area contributed by atoms with Crippen LogP contribution in [-0.4, -0.2) is 28.9 Å². The Balaban J connectivity index is 1.94. The summed E-state index contributed by atoms with van der Waals surface area (Å²) in [5.41, 5.74) is 1.64. The van der Waals surface area contributed by atoms with Gasteiger partial charge in [-0.3, -0.25) is 4.79 Å². The monoisotopic (exact) mass is 332 g/mol. The third kappa shape index (κ3) is 5.07. The van der Waals surface area contributed by atoms with Gasteiger partial charge < -0.3 is 15.5 Å². The van der Waals surface area contributed by atoms with Crippen LogP contribution in [0.1, 0.15) is 30.5 Å². The molecule has 0 aliphatic heterocycles. The Bertz CT molecular complexity index is 672. The lowest BCUT2D eigenvalue weighted by atomic mass is 10.2. The van der Waals surface area contributed by atoms with Gasteiger partial charge in [-0.25, -0.2) is 9.78 Å². The average Bonchev–Trinajstić information content (AvgIpc) is 3.01. The SMILES string of the molecule is CC(=O)N(C)Cc1cccc(NC(=O)N[C@H](C)c2nccs2)c1. The number of urea groups is 1. The molecule has 0 saturated heterocycles. The fourth-order valence-corrected chi connectivity index (χ4v) is 2.65. The molecule has 1 aromatic carbocycles. The molecule has 122 valence electrons. The van der Waals surface area contributed by atoms with Gasteiger partial charge in [-0.15, -0.1) is 11.3 Å². The molecule has 1 atom stereocenters. The highest BCUT2D eigenvalue weighted by molar-refractivity contribution is 7.09. The van der Waals surface area contributed by atoms with E-state index in [0.29, 0.717) is 12.2 Å². The molecule has 0 spiro atoms. The topological polar surface area (TPSA) is 74.3 Å². The Morgan fingerprint density at radius 1 is 1.39 bits per heavy atom. The van der Waals surface area contributed by atoms with Crippen LogP contribution in [0, 0.1) is 0 Å². The molecule has 3 amide bonds. The number of amides is 3. The van der Waals surface area contributed by atoms with Crippen molar-refractivity contribution in [3.63, 3.8) is 0 Å². The Labute approximate surface area is 139 Å². The maximum atomic E-state index is 12.0. The molecule has 0 radical (unpaired) electrons. The highest BCUT2D eigenvalue weighted by Crippen LogP contribution is 2.16. The van der Waals surface area contributed by atoms with Gasteiger partial charge >= 0.3 is 6.03 Å². The third-order valence-electron chi connectivity index (χ3n) is 3.31. The number of aromatic nitrogens is 1. The van der Waals surface area contributed by atoms with Crippen molar-refractivity contribution < 1.29 is 9.59 Å². The first-order valence-corrected chi connectivity index (χ1v) is 8.11. The first kappa shape index (κ1) is 17.0. The van der Waals surface area contributed by atoms with Crippen molar-refractivity contribution >= 4 is 29.0 Å². The van der Waals surface area contributed by atoms with Crippen LogP contribution in [0.2, 0.25) is 0 Å². The molecule has 1 heterocycles. The van der Waals surface area contributed by atoms with Crippen LogP contribution in [-0.2, 0) is 11.3 Å². The van der Waals surface area contributed by atoms with Gasteiger partial charge in [0.25, 0.3) is 0 Å². The molecule has 0 aliphatic carbocycles. The Hall–Kier alpha value is -2.41. The van der Waals surface area contributed by atoms with E-state index in [2.05, 4.69) is 15.6 Å². The second-order valence-electron chi connectivity index (χ2n) is 5.27. The summed E-state index contributed by atoms with van der Waals surface area (Å²) < 4.78 is 0. The zero-order chi connectivity index (χ0) is 16.8. The minimum Gasteiger partial charge on any atom is -0.342 e. The standard InChI is InChI=1S/C16H20N4O2S/c1-11(15-17-7-8-23-15)18-16(22)19-14-6-4-5-13(9-14)10-20(3)12(2)21/h4-9,11H,10H2,1-3H3,(H2,18,19,22)/t11-/m1/s1. The van der Waals surface area contributed by atoms with Crippen molar-refractivity contribution in [2.75, 3.05) is 12.4 Å². The molecule has 7 heteroatoms. The van der Waals surface area contributed by atoms with E-state index in [-0.39, 0.29) is 18.0 Å². The summed E-state index contributed by atoms with van der Waals surface area (Å²) in [6.07, 6.45) is 1.71. The quantitative estimate of drug-likeness (QED) is 0.884. The summed E-state index contributed by atoms with van der Waals surface area (Å²) >= 11 is 1.50. The Morgan fingerprint density at radius 2 is 2.17 bits per heavy atom. The smallest absolute Gasteiger partial charge is 0.319 e. The second-order valence-corrected chi connectivity index (χ2v) is 6.19. The number of carbonyl (C=O) groups excluding carboxylic acids is 2. The number of thiazole rings is 1. The van der Waals surface area contributed by atoms with E-state index < -0.39 is 0 Å². The molecular formula is C16H20N4O2S. The summed E-state index contributed by atoms with van der Waals surface area (Å²) in [7, 11) is 1.74. The zero-order valence-corrected chi connectivity index (χ0v) is 14.2. The molecule has 0 aliphatic rings. The lowest BCUT2D eigenvalue weighted by molar-refractivity contribution is -0.128. The molecule has 2 rings (SSSR count). The lowest BCUT2D eigenvalue weighted by Gasteiger charge is -2.16. The van der Waals surface area contributed by atoms with Crippen molar-refractivity contribution in [1.29, 1.82) is 0 Å². The van der Waals surface area contributed by atoms with Crippen LogP contribution in [0.3, 0.4) is 0 Å². The molecule has 0 saturated carbocycles. The molecule has 6 nitrogen and oxygen atoms in total. The fourth-order valence-electron chi connectivity index (χ4n) is 2.01. The van der Waals surface area contributed by atoms with E-state index >= 15 is 0 Å². The van der Waals surface area contributed by atoms with Gasteiger partial charge in [-0.2, -0.15) is 0 Å². The highest BCUT2D eigenvalue weighted by Gasteiger charge is 2.12. The van der Waals surface area contributed by atoms with Crippen molar-refractivity contribution in [3.05, 3.63) is 46.4 Å². The van der Waals surface area contributed by atoms with Crippen molar-refractivity contribution in [2.45, 2.75) is 26.4 Å². The van der Waals surface area contributed by atoms with Crippen molar-refractivity contribution in [1.82, 2.24) is 15.2 Å². The predicted molar refractivity (Wildman–Crippen MR) is 91.3 cm³/mol. The minimum absolute atomic E-state index is 0.00150. The van der Waals surface area contributed by atoms with Gasteiger partial charge in [-0.05, 0) is 24.6 Å². The first-order chi connectivity index (χ1) is 11.0. The molecule has 2 aromatic rings. The molecule has 23 heavy (non-hydrogen) atoms. The number of rotatable bonds is 5. The third-order valence-corrected chi connectivity index (χ3v) is 4.27. The number of anilines is 1. The van der Waals surface area contributed by atoms with Gasteiger partial charge in [0.2, 0.25) is 5.91 Å². The first-order valence-electron chi connectivity index (χ1n) is 7.23. The Morgan fingerprint density at radius 3 is 2.83 bits per heavy atom. The van der Waals surface area contributed by atoms with E-state index in [4.69, 9.17) is 0 Å². The molecular weight excluding hydrogens is 312 g/mol.